The molecule has 0 bridgehead atoms. The normalized spacial score (nSPS) is 14.2. The summed E-state index contributed by atoms with van der Waals surface area (Å²) >= 11 is 0. The van der Waals surface area contributed by atoms with E-state index in [0.717, 1.165) is 24.8 Å². The third kappa shape index (κ3) is 6.11. The summed E-state index contributed by atoms with van der Waals surface area (Å²) in [6.45, 7) is 6.71. The molecule has 0 saturated heterocycles. The Bertz CT molecular complexity index is 4220. The summed E-state index contributed by atoms with van der Waals surface area (Å²) in [6.07, 6.45) is 21.4. The highest BCUT2D eigenvalue weighted by atomic mass is 31.0. The zero-order chi connectivity index (χ0) is 44.3. The van der Waals surface area contributed by atoms with E-state index in [1.807, 2.05) is 0 Å². The van der Waals surface area contributed by atoms with Crippen LogP contribution in [-0.2, 0) is 6.42 Å². The van der Waals surface area contributed by atoms with E-state index in [2.05, 4.69) is 211 Å². The van der Waals surface area contributed by atoms with Crippen molar-refractivity contribution >= 4 is 129 Å². The van der Waals surface area contributed by atoms with Gasteiger partial charge >= 0.3 is 0 Å². The van der Waals surface area contributed by atoms with Gasteiger partial charge in [-0.15, -0.1) is 24.6 Å². The first-order chi connectivity index (χ1) is 33.1. The van der Waals surface area contributed by atoms with Crippen molar-refractivity contribution in [2.45, 2.75) is 26.2 Å². The molecule has 3 unspecified atom stereocenters. The quantitative estimate of drug-likeness (QED) is 0.147. The number of aryl methyl sites for hydroxylation is 2. The zero-order valence-electron chi connectivity index (χ0n) is 37.1. The van der Waals surface area contributed by atoms with Crippen LogP contribution in [0.4, 0.5) is 0 Å². The van der Waals surface area contributed by atoms with Crippen LogP contribution in [0.25, 0.3) is 127 Å². The number of hydrogen-bond acceptors (Lipinski definition) is 0. The van der Waals surface area contributed by atoms with Crippen LogP contribution in [0.1, 0.15) is 51.8 Å². The highest BCUT2D eigenvalue weighted by Crippen LogP contribution is 2.46. The van der Waals surface area contributed by atoms with E-state index in [-0.39, 0.29) is 0 Å². The second kappa shape index (κ2) is 15.3. The van der Waals surface area contributed by atoms with Crippen LogP contribution < -0.4 is 0 Å². The van der Waals surface area contributed by atoms with E-state index in [9.17, 15) is 0 Å². The Kier molecular flexibility index (Phi) is 8.91. The Hall–Kier alpha value is -7.04. The molecule has 2 aliphatic rings. The maximum absolute atomic E-state index is 4.39. The van der Waals surface area contributed by atoms with Gasteiger partial charge in [0, 0.05) is 33.4 Å². The Labute approximate surface area is 393 Å². The van der Waals surface area contributed by atoms with Gasteiger partial charge in [-0.05, 0) is 221 Å². The second-order valence-corrected chi connectivity index (χ2v) is 22.5. The van der Waals surface area contributed by atoms with Crippen LogP contribution in [0.15, 0.2) is 170 Å². The van der Waals surface area contributed by atoms with E-state index in [1.165, 1.54) is 136 Å². The Balaban J connectivity index is 0.850. The summed E-state index contributed by atoms with van der Waals surface area (Å²) in [5.74, 6) is 0. The fraction of sp³-hybridized carbons (Fsp3) is 0.0645. The van der Waals surface area contributed by atoms with Crippen molar-refractivity contribution < 1.29 is 0 Å². The van der Waals surface area contributed by atoms with Gasteiger partial charge in [-0.1, -0.05) is 91.6 Å². The zero-order valence-corrected chi connectivity index (χ0v) is 40.1. The topological polar surface area (TPSA) is 9.86 Å². The lowest BCUT2D eigenvalue weighted by molar-refractivity contribution is 0.968. The van der Waals surface area contributed by atoms with Crippen molar-refractivity contribution in [2.24, 2.45) is 0 Å². The molecular weight excluding hydrogens is 866 g/mol. The molecular formula is C62H45N2P3. The van der Waals surface area contributed by atoms with Gasteiger partial charge in [0.25, 0.3) is 0 Å². The molecule has 2 nitrogen and oxygen atoms in total. The van der Waals surface area contributed by atoms with Crippen molar-refractivity contribution in [2.75, 3.05) is 0 Å². The fourth-order valence-corrected chi connectivity index (χ4v) is 15.2. The van der Waals surface area contributed by atoms with E-state index in [1.54, 1.807) is 0 Å². The van der Waals surface area contributed by atoms with Gasteiger partial charge in [0.1, 0.15) is 0 Å². The minimum Gasteiger partial charge on any atom is -0.310 e. The Morgan fingerprint density at radius 3 is 1.82 bits per heavy atom. The SMILES string of the molecule is C=C/C(=C\c1c(C)[pH]c2ccc(-c3ccc4[pH]c5ccc(-n6c7c(c8ccccc86)CCC=C7)cc5c4c3)cc12)c1ccc2[pH]c3ccc(-n4c5c(c6ccccc64)C=CCC=C5)cc3c2c1. The molecule has 0 fully saturated rings. The smallest absolute Gasteiger partial charge is 0.0541 e. The van der Waals surface area contributed by atoms with E-state index in [0.29, 0.717) is 24.6 Å². The van der Waals surface area contributed by atoms with E-state index in [4.69, 9.17) is 0 Å². The number of benzene rings is 7. The number of para-hydroxylation sites is 2. The molecule has 0 aliphatic heterocycles. The summed E-state index contributed by atoms with van der Waals surface area (Å²) < 4.78 is 4.94. The lowest BCUT2D eigenvalue weighted by atomic mass is 9.97. The monoisotopic (exact) mass is 910 g/mol. The Morgan fingerprint density at radius 1 is 0.522 bits per heavy atom. The van der Waals surface area contributed by atoms with E-state index >= 15 is 0 Å². The molecule has 14 rings (SSSR count). The van der Waals surface area contributed by atoms with Gasteiger partial charge in [-0.25, -0.2) is 0 Å². The number of fused-ring (bicyclic) bond motifs is 13. The van der Waals surface area contributed by atoms with Crippen molar-refractivity contribution in [3.8, 4) is 22.5 Å². The molecule has 318 valence electrons. The minimum atomic E-state index is 0.644. The van der Waals surface area contributed by atoms with Crippen LogP contribution in [0.3, 0.4) is 0 Å². The first kappa shape index (κ1) is 39.2. The molecule has 0 saturated carbocycles. The molecule has 0 spiro atoms. The molecule has 7 aromatic carbocycles. The lowest BCUT2D eigenvalue weighted by Crippen LogP contribution is -2.00. The Morgan fingerprint density at radius 2 is 1.09 bits per heavy atom. The van der Waals surface area contributed by atoms with Crippen molar-refractivity contribution in [3.05, 3.63) is 209 Å². The molecule has 12 aromatic rings. The molecule has 0 amide bonds. The molecule has 5 heteroatoms. The number of hydrogen-bond donors (Lipinski definition) is 0. The molecule has 5 aromatic heterocycles. The number of rotatable bonds is 6. The largest absolute Gasteiger partial charge is 0.310 e. The first-order valence-corrected chi connectivity index (χ1v) is 26.4. The summed E-state index contributed by atoms with van der Waals surface area (Å²) in [7, 11) is 1.97. The van der Waals surface area contributed by atoms with Gasteiger partial charge in [0.05, 0.1) is 16.7 Å². The van der Waals surface area contributed by atoms with Gasteiger partial charge < -0.3 is 9.13 Å². The number of aromatic nitrogens is 2. The number of allylic oxidation sites excluding steroid dienone is 5. The third-order valence-electron chi connectivity index (χ3n) is 14.5. The second-order valence-electron chi connectivity index (χ2n) is 18.3. The average Bonchev–Trinajstić information content (AvgIpc) is 4.13. The standard InChI is InChI=1S/C62H45N2P3/c1-3-38(39-21-27-59-50(32-39)52-35-42(24-29-61(52)66-59)63-54-17-6-4-5-13-44(54)45-14-7-10-18-55(45)63)31-48-37(2)65-58-26-22-40(33-49(48)58)41-23-28-60-51(34-41)53-36-43(25-30-62(53)67-60)64-56-19-11-8-15-46(56)47-16-9-12-20-57(47)64/h3,5-8,10-15,17-36,65-67H,1,4,9,16H2,2H3/b38-31+. The van der Waals surface area contributed by atoms with Gasteiger partial charge in [0.15, 0.2) is 0 Å². The fourth-order valence-electron chi connectivity index (χ4n) is 11.3. The molecule has 2 aliphatic carbocycles. The third-order valence-corrected chi connectivity index (χ3v) is 18.7. The highest BCUT2D eigenvalue weighted by molar-refractivity contribution is 7.44. The lowest BCUT2D eigenvalue weighted by Gasteiger charge is -2.12. The van der Waals surface area contributed by atoms with Gasteiger partial charge in [-0.3, -0.25) is 0 Å². The summed E-state index contributed by atoms with van der Waals surface area (Å²) in [4.78, 5) is 0. The van der Waals surface area contributed by atoms with Crippen LogP contribution in [0.2, 0.25) is 0 Å². The molecule has 0 N–H and O–H groups in total. The maximum Gasteiger partial charge on any atom is 0.0541 e. The predicted molar refractivity (Wildman–Crippen MR) is 301 cm³/mol. The van der Waals surface area contributed by atoms with Gasteiger partial charge in [-0.2, -0.15) is 0 Å². The van der Waals surface area contributed by atoms with Crippen molar-refractivity contribution in [1.82, 2.24) is 9.13 Å². The molecule has 5 heterocycles. The highest BCUT2D eigenvalue weighted by Gasteiger charge is 2.20. The van der Waals surface area contributed by atoms with Crippen LogP contribution in [-0.4, -0.2) is 9.13 Å². The summed E-state index contributed by atoms with van der Waals surface area (Å²) in [5.41, 5.74) is 16.6. The molecule has 67 heavy (non-hydrogen) atoms. The van der Waals surface area contributed by atoms with E-state index < -0.39 is 0 Å². The molecule has 0 radical (unpaired) electrons. The van der Waals surface area contributed by atoms with Crippen LogP contribution in [0.5, 0.6) is 0 Å². The maximum atomic E-state index is 4.39. The average molecular weight is 911 g/mol. The van der Waals surface area contributed by atoms with Crippen molar-refractivity contribution in [1.29, 1.82) is 0 Å². The van der Waals surface area contributed by atoms with Crippen molar-refractivity contribution in [3.63, 3.8) is 0 Å². The van der Waals surface area contributed by atoms with Crippen LogP contribution >= 0.6 is 24.6 Å². The summed E-state index contributed by atoms with van der Waals surface area (Å²) in [6, 6.07) is 53.5. The molecule has 3 atom stereocenters. The van der Waals surface area contributed by atoms with Crippen LogP contribution in [0, 0.1) is 6.92 Å². The minimum absolute atomic E-state index is 0.644. The summed E-state index contributed by atoms with van der Waals surface area (Å²) in [5, 5.41) is 18.0. The van der Waals surface area contributed by atoms with Gasteiger partial charge in [0.2, 0.25) is 0 Å². The number of nitrogens with zero attached hydrogens (tertiary/aromatic N) is 2. The predicted octanol–water partition coefficient (Wildman–Crippen LogP) is 18.5. The first-order valence-electron chi connectivity index (χ1n) is 23.4.